The van der Waals surface area contributed by atoms with Crippen molar-refractivity contribution in [2.45, 2.75) is 6.92 Å². The Bertz CT molecular complexity index is 248. The molecule has 10 heavy (non-hydrogen) atoms. The molecule has 0 aliphatic rings. The number of allylic oxidation sites excluding steroid dienone is 1. The zero-order valence-electron chi connectivity index (χ0n) is 6.05. The van der Waals surface area contributed by atoms with E-state index in [0.29, 0.717) is 5.57 Å². The Hall–Kier alpha value is -0.610. The third-order valence-corrected chi connectivity index (χ3v) is 2.39. The molecular formula is C6H10O3S. The van der Waals surface area contributed by atoms with Crippen LogP contribution >= 0.6 is 0 Å². The second kappa shape index (κ2) is 2.98. The van der Waals surface area contributed by atoms with Crippen LogP contribution in [0.3, 0.4) is 0 Å². The summed E-state index contributed by atoms with van der Waals surface area (Å²) in [6, 6.07) is 0. The first-order valence-corrected chi connectivity index (χ1v) is 3.98. The first-order valence-electron chi connectivity index (χ1n) is 2.57. The zero-order valence-corrected chi connectivity index (χ0v) is 6.86. The van der Waals surface area contributed by atoms with Gasteiger partial charge in [0.2, 0.25) is 0 Å². The van der Waals surface area contributed by atoms with Crippen LogP contribution in [0.5, 0.6) is 0 Å². The Morgan fingerprint density at radius 3 is 1.90 bits per heavy atom. The van der Waals surface area contributed by atoms with Crippen LogP contribution < -0.4 is 0 Å². The second-order valence-electron chi connectivity index (χ2n) is 1.82. The molecule has 58 valence electrons. The maximum Gasteiger partial charge on any atom is 0.296 e. The van der Waals surface area contributed by atoms with Crippen molar-refractivity contribution in [3.63, 3.8) is 0 Å². The van der Waals surface area contributed by atoms with E-state index in [1.165, 1.54) is 0 Å². The second-order valence-corrected chi connectivity index (χ2v) is 3.56. The molecule has 0 fully saturated rings. The van der Waals surface area contributed by atoms with Crippen LogP contribution in [-0.2, 0) is 14.3 Å². The van der Waals surface area contributed by atoms with Gasteiger partial charge in [0, 0.05) is 0 Å². The van der Waals surface area contributed by atoms with Gasteiger partial charge in [0.05, 0.1) is 12.0 Å². The predicted octanol–water partition coefficient (Wildman–Crippen LogP) is 1.05. The zero-order chi connectivity index (χ0) is 8.36. The number of rotatable bonds is 3. The Morgan fingerprint density at radius 2 is 1.80 bits per heavy atom. The van der Waals surface area contributed by atoms with Crippen LogP contribution in [0.15, 0.2) is 23.6 Å². The van der Waals surface area contributed by atoms with Crippen molar-refractivity contribution in [1.82, 2.24) is 0 Å². The minimum atomic E-state index is -3.59. The summed E-state index contributed by atoms with van der Waals surface area (Å²) < 4.78 is 25.7. The van der Waals surface area contributed by atoms with E-state index in [4.69, 9.17) is 0 Å². The molecule has 0 aliphatic heterocycles. The van der Waals surface area contributed by atoms with Crippen molar-refractivity contribution in [1.29, 1.82) is 0 Å². The molecule has 0 rings (SSSR count). The summed E-state index contributed by atoms with van der Waals surface area (Å²) in [4.78, 5) is -0.0741. The van der Waals surface area contributed by atoms with E-state index < -0.39 is 10.1 Å². The van der Waals surface area contributed by atoms with E-state index in [1.807, 2.05) is 0 Å². The molecular weight excluding hydrogens is 152 g/mol. The first kappa shape index (κ1) is 9.39. The summed E-state index contributed by atoms with van der Waals surface area (Å²) in [5.41, 5.74) is 0.391. The highest BCUT2D eigenvalue weighted by molar-refractivity contribution is 7.90. The third-order valence-electron chi connectivity index (χ3n) is 0.997. The highest BCUT2D eigenvalue weighted by Crippen LogP contribution is 2.12. The molecule has 0 saturated carbocycles. The van der Waals surface area contributed by atoms with Gasteiger partial charge < -0.3 is 0 Å². The average molecular weight is 162 g/mol. The van der Waals surface area contributed by atoms with Gasteiger partial charge >= 0.3 is 0 Å². The molecule has 0 aromatic carbocycles. The van der Waals surface area contributed by atoms with Gasteiger partial charge in [-0.1, -0.05) is 13.2 Å². The van der Waals surface area contributed by atoms with Crippen LogP contribution in [0.4, 0.5) is 0 Å². The van der Waals surface area contributed by atoms with E-state index in [-0.39, 0.29) is 4.91 Å². The highest BCUT2D eigenvalue weighted by atomic mass is 32.2. The fourth-order valence-corrected chi connectivity index (χ4v) is 0.942. The van der Waals surface area contributed by atoms with Gasteiger partial charge in [0.1, 0.15) is 0 Å². The smallest absolute Gasteiger partial charge is 0.270 e. The molecule has 0 aromatic heterocycles. The standard InChI is InChI=1S/C6H10O3S/c1-5(2)6(3)10(7,8)9-4/h1,3H2,2,4H3. The van der Waals surface area contributed by atoms with Crippen molar-refractivity contribution >= 4 is 10.1 Å². The van der Waals surface area contributed by atoms with Crippen LogP contribution in [0.25, 0.3) is 0 Å². The topological polar surface area (TPSA) is 43.4 Å². The van der Waals surface area contributed by atoms with Crippen molar-refractivity contribution in [2.75, 3.05) is 7.11 Å². The molecule has 0 unspecified atom stereocenters. The summed E-state index contributed by atoms with van der Waals surface area (Å²) in [6.45, 7) is 8.25. The summed E-state index contributed by atoms with van der Waals surface area (Å²) in [5.74, 6) is 0. The molecule has 3 nitrogen and oxygen atoms in total. The van der Waals surface area contributed by atoms with Gasteiger partial charge in [0.15, 0.2) is 0 Å². The molecule has 0 bridgehead atoms. The molecule has 0 aliphatic carbocycles. The van der Waals surface area contributed by atoms with E-state index in [1.54, 1.807) is 6.92 Å². The van der Waals surface area contributed by atoms with Gasteiger partial charge in [-0.15, -0.1) is 0 Å². The SMILES string of the molecule is C=C(C)C(=C)S(=O)(=O)OC. The molecule has 0 radical (unpaired) electrons. The van der Waals surface area contributed by atoms with Gasteiger partial charge in [-0.2, -0.15) is 8.42 Å². The van der Waals surface area contributed by atoms with Crippen molar-refractivity contribution in [3.05, 3.63) is 23.6 Å². The first-order chi connectivity index (χ1) is 4.41. The molecule has 0 saturated heterocycles. The lowest BCUT2D eigenvalue weighted by molar-refractivity contribution is 0.404. The van der Waals surface area contributed by atoms with Gasteiger partial charge in [-0.05, 0) is 12.5 Å². The van der Waals surface area contributed by atoms with Crippen molar-refractivity contribution in [2.24, 2.45) is 0 Å². The number of hydrogen-bond donors (Lipinski definition) is 0. The Labute approximate surface area is 61.1 Å². The van der Waals surface area contributed by atoms with Gasteiger partial charge in [0.25, 0.3) is 10.1 Å². The van der Waals surface area contributed by atoms with E-state index in [0.717, 1.165) is 7.11 Å². The molecule has 0 N–H and O–H groups in total. The number of hydrogen-bond acceptors (Lipinski definition) is 3. The fraction of sp³-hybridized carbons (Fsp3) is 0.333. The van der Waals surface area contributed by atoms with E-state index >= 15 is 0 Å². The van der Waals surface area contributed by atoms with Crippen LogP contribution in [-0.4, -0.2) is 15.5 Å². The molecule has 4 heteroatoms. The Kier molecular flexibility index (Phi) is 2.80. The third kappa shape index (κ3) is 1.97. The van der Waals surface area contributed by atoms with Crippen LogP contribution in [0, 0.1) is 0 Å². The summed E-state index contributed by atoms with van der Waals surface area (Å²) in [7, 11) is -2.50. The van der Waals surface area contributed by atoms with E-state index in [9.17, 15) is 8.42 Å². The lowest BCUT2D eigenvalue weighted by Gasteiger charge is -2.02. The summed E-state index contributed by atoms with van der Waals surface area (Å²) >= 11 is 0. The maximum absolute atomic E-state index is 10.8. The molecule has 0 spiro atoms. The molecule has 0 amide bonds. The minimum Gasteiger partial charge on any atom is -0.270 e. The molecule has 0 aromatic rings. The predicted molar refractivity (Wildman–Crippen MR) is 39.9 cm³/mol. The maximum atomic E-state index is 10.8. The summed E-state index contributed by atoms with van der Waals surface area (Å²) in [5, 5.41) is 0. The van der Waals surface area contributed by atoms with Gasteiger partial charge in [-0.3, -0.25) is 4.18 Å². The van der Waals surface area contributed by atoms with Crippen LogP contribution in [0.1, 0.15) is 6.92 Å². The lowest BCUT2D eigenvalue weighted by atomic mass is 10.3. The normalized spacial score (nSPS) is 11.0. The Morgan fingerprint density at radius 1 is 1.40 bits per heavy atom. The monoisotopic (exact) mass is 162 g/mol. The fourth-order valence-electron chi connectivity index (χ4n) is 0.314. The van der Waals surface area contributed by atoms with Gasteiger partial charge in [-0.25, -0.2) is 0 Å². The highest BCUT2D eigenvalue weighted by Gasteiger charge is 2.13. The summed E-state index contributed by atoms with van der Waals surface area (Å²) in [6.07, 6.45) is 0. The minimum absolute atomic E-state index is 0.0741. The average Bonchev–Trinajstić information content (AvgIpc) is 1.86. The molecule has 0 atom stereocenters. The van der Waals surface area contributed by atoms with E-state index in [2.05, 4.69) is 17.3 Å². The van der Waals surface area contributed by atoms with Crippen molar-refractivity contribution < 1.29 is 12.6 Å². The lowest BCUT2D eigenvalue weighted by Crippen LogP contribution is -2.04. The quantitative estimate of drug-likeness (QED) is 0.460. The van der Waals surface area contributed by atoms with Crippen molar-refractivity contribution in [3.8, 4) is 0 Å². The van der Waals surface area contributed by atoms with Crippen LogP contribution in [0.2, 0.25) is 0 Å². The Balaban J connectivity index is 4.70. The molecule has 0 heterocycles. The largest absolute Gasteiger partial charge is 0.296 e.